The number of aromatic nitrogens is 2. The van der Waals surface area contributed by atoms with Crippen molar-refractivity contribution in [2.75, 3.05) is 49.9 Å². The third-order valence-corrected chi connectivity index (χ3v) is 9.73. The van der Waals surface area contributed by atoms with Gasteiger partial charge in [-0.2, -0.15) is 0 Å². The first-order valence-corrected chi connectivity index (χ1v) is 13.1. The lowest BCUT2D eigenvalue weighted by atomic mass is 10.0. The zero-order valence-electron chi connectivity index (χ0n) is 18.0. The van der Waals surface area contributed by atoms with Crippen molar-refractivity contribution in [3.05, 3.63) is 60.4 Å². The van der Waals surface area contributed by atoms with Crippen LogP contribution < -0.4 is 10.2 Å². The van der Waals surface area contributed by atoms with Gasteiger partial charge in [-0.15, -0.1) is 0 Å². The number of piperazine rings is 1. The first-order chi connectivity index (χ1) is 14.6. The fourth-order valence-electron chi connectivity index (χ4n) is 4.35. The molecular formula is C24H32N4OP+. The molecule has 30 heavy (non-hydrogen) atoms. The van der Waals surface area contributed by atoms with Crippen molar-refractivity contribution in [2.45, 2.75) is 20.3 Å². The number of hydrogen-bond acceptors (Lipinski definition) is 5. The highest BCUT2D eigenvalue weighted by molar-refractivity contribution is 7.78. The zero-order valence-corrected chi connectivity index (χ0v) is 18.9. The van der Waals surface area contributed by atoms with E-state index in [1.165, 1.54) is 10.9 Å². The highest BCUT2D eigenvalue weighted by Gasteiger charge is 2.36. The molecule has 0 amide bonds. The Bertz CT molecular complexity index is 969. The Hall–Kier alpha value is -2.07. The van der Waals surface area contributed by atoms with Gasteiger partial charge in [0.05, 0.1) is 12.3 Å². The number of rotatable bonds is 7. The van der Waals surface area contributed by atoms with Crippen molar-refractivity contribution in [3.63, 3.8) is 0 Å². The van der Waals surface area contributed by atoms with Crippen LogP contribution in [0.4, 0.5) is 5.82 Å². The Morgan fingerprint density at radius 2 is 1.67 bits per heavy atom. The Kier molecular flexibility index (Phi) is 6.62. The molecule has 0 radical (unpaired) electrons. The van der Waals surface area contributed by atoms with Crippen LogP contribution in [0.15, 0.2) is 54.9 Å². The Morgan fingerprint density at radius 3 is 2.37 bits per heavy atom. The maximum absolute atomic E-state index is 11.2. The molecule has 3 heterocycles. The fourth-order valence-corrected chi connectivity index (χ4v) is 6.41. The van der Waals surface area contributed by atoms with Gasteiger partial charge in [0.1, 0.15) is 16.6 Å². The van der Waals surface area contributed by atoms with Gasteiger partial charge in [0.25, 0.3) is 0 Å². The fraction of sp³-hybridized carbons (Fsp3) is 0.417. The summed E-state index contributed by atoms with van der Waals surface area (Å²) in [4.78, 5) is 25.3. The molecule has 1 aliphatic rings. The van der Waals surface area contributed by atoms with Crippen molar-refractivity contribution < 1.29 is 4.89 Å². The summed E-state index contributed by atoms with van der Waals surface area (Å²) in [7, 11) is -2.11. The predicted octanol–water partition coefficient (Wildman–Crippen LogP) is 3.58. The number of pyridine rings is 2. The molecule has 1 saturated heterocycles. The first kappa shape index (κ1) is 21.2. The van der Waals surface area contributed by atoms with Crippen LogP contribution in [-0.4, -0.2) is 64.8 Å². The lowest BCUT2D eigenvalue weighted by Crippen LogP contribution is -2.47. The molecule has 4 rings (SSSR count). The lowest BCUT2D eigenvalue weighted by Gasteiger charge is -2.35. The first-order valence-electron chi connectivity index (χ1n) is 11.0. The molecule has 0 aliphatic carbocycles. The van der Waals surface area contributed by atoms with Crippen LogP contribution in [-0.2, 0) is 6.42 Å². The van der Waals surface area contributed by atoms with Crippen molar-refractivity contribution in [3.8, 4) is 0 Å². The van der Waals surface area contributed by atoms with Gasteiger partial charge in [-0.05, 0) is 50.1 Å². The average molecular weight is 424 g/mol. The smallest absolute Gasteiger partial charge is 0.175 e. The molecule has 0 saturated carbocycles. The number of nitrogens with zero attached hydrogens (tertiary/aromatic N) is 4. The van der Waals surface area contributed by atoms with E-state index >= 15 is 0 Å². The minimum Gasteiger partial charge on any atom is -0.354 e. The van der Waals surface area contributed by atoms with E-state index in [1.54, 1.807) is 0 Å². The Morgan fingerprint density at radius 1 is 0.900 bits per heavy atom. The molecule has 0 spiro atoms. The van der Waals surface area contributed by atoms with Crippen LogP contribution in [0.2, 0.25) is 0 Å². The van der Waals surface area contributed by atoms with E-state index < -0.39 is 7.49 Å². The highest BCUT2D eigenvalue weighted by atomic mass is 31.2. The summed E-state index contributed by atoms with van der Waals surface area (Å²) in [5.41, 5.74) is 2.32. The topological polar surface area (TPSA) is 52.5 Å². The molecule has 6 heteroatoms. The molecule has 158 valence electrons. The standard InChI is InChI=1S/C24H32N4OP/c1-3-30(29,4-2)22-11-10-20(21-8-7-14-26-24(21)22)12-15-27-16-18-28(19-17-27)23-9-5-6-13-25-23/h5-11,13-14,29H,3-4,12,15-19H2,1-2H3/q+1. The van der Waals surface area contributed by atoms with Crippen molar-refractivity contribution in [2.24, 2.45) is 0 Å². The highest BCUT2D eigenvalue weighted by Crippen LogP contribution is 2.53. The Balaban J connectivity index is 1.45. The molecular weight excluding hydrogens is 391 g/mol. The van der Waals surface area contributed by atoms with Gasteiger partial charge in [0, 0.05) is 50.5 Å². The summed E-state index contributed by atoms with van der Waals surface area (Å²) in [6, 6.07) is 14.6. The second-order valence-corrected chi connectivity index (χ2v) is 11.6. The second kappa shape index (κ2) is 9.38. The zero-order chi connectivity index (χ0) is 21.0. The summed E-state index contributed by atoms with van der Waals surface area (Å²) in [5.74, 6) is 1.08. The van der Waals surface area contributed by atoms with E-state index in [0.717, 1.165) is 68.1 Å². The Labute approximate surface area is 180 Å². The molecule has 2 aromatic heterocycles. The quantitative estimate of drug-likeness (QED) is 0.589. The van der Waals surface area contributed by atoms with Gasteiger partial charge < -0.3 is 4.90 Å². The summed E-state index contributed by atoms with van der Waals surface area (Å²) < 4.78 is 0. The summed E-state index contributed by atoms with van der Waals surface area (Å²) in [6.45, 7) is 9.37. The van der Waals surface area contributed by atoms with E-state index in [9.17, 15) is 4.89 Å². The monoisotopic (exact) mass is 423 g/mol. The van der Waals surface area contributed by atoms with E-state index in [1.807, 2.05) is 24.5 Å². The molecule has 0 unspecified atom stereocenters. The lowest BCUT2D eigenvalue weighted by molar-refractivity contribution is 0.260. The van der Waals surface area contributed by atoms with Crippen LogP contribution >= 0.6 is 7.49 Å². The molecule has 1 aliphatic heterocycles. The largest absolute Gasteiger partial charge is 0.354 e. The van der Waals surface area contributed by atoms with Crippen molar-refractivity contribution in [1.82, 2.24) is 14.9 Å². The van der Waals surface area contributed by atoms with Crippen molar-refractivity contribution in [1.29, 1.82) is 0 Å². The number of fused-ring (bicyclic) bond motifs is 1. The third kappa shape index (κ3) is 4.34. The minimum atomic E-state index is -2.11. The van der Waals surface area contributed by atoms with Gasteiger partial charge >= 0.3 is 0 Å². The van der Waals surface area contributed by atoms with Crippen LogP contribution in [0.1, 0.15) is 19.4 Å². The van der Waals surface area contributed by atoms with Gasteiger partial charge in [-0.1, -0.05) is 18.2 Å². The number of hydrogen-bond donors (Lipinski definition) is 1. The van der Waals surface area contributed by atoms with E-state index in [2.05, 4.69) is 63.9 Å². The van der Waals surface area contributed by atoms with Gasteiger partial charge in [-0.25, -0.2) is 9.88 Å². The summed E-state index contributed by atoms with van der Waals surface area (Å²) >= 11 is 0. The van der Waals surface area contributed by atoms with Crippen LogP contribution in [0, 0.1) is 0 Å². The van der Waals surface area contributed by atoms with Gasteiger partial charge in [-0.3, -0.25) is 9.88 Å². The second-order valence-electron chi connectivity index (χ2n) is 7.97. The summed E-state index contributed by atoms with van der Waals surface area (Å²) in [6.07, 6.45) is 6.32. The van der Waals surface area contributed by atoms with Crippen LogP contribution in [0.3, 0.4) is 0 Å². The number of anilines is 1. The maximum atomic E-state index is 11.2. The van der Waals surface area contributed by atoms with Crippen molar-refractivity contribution >= 4 is 29.5 Å². The SMILES string of the molecule is CC[P+](O)(CC)c1ccc(CCN2CCN(c3ccccn3)CC2)c2cccnc12. The van der Waals surface area contributed by atoms with Crippen LogP contribution in [0.25, 0.3) is 10.9 Å². The molecule has 0 bridgehead atoms. The molecule has 3 aromatic rings. The number of benzene rings is 1. The van der Waals surface area contributed by atoms with Gasteiger partial charge in [0.2, 0.25) is 0 Å². The minimum absolute atomic E-state index is 0.801. The molecule has 0 atom stereocenters. The molecule has 1 N–H and O–H groups in total. The predicted molar refractivity (Wildman–Crippen MR) is 128 cm³/mol. The third-order valence-electron chi connectivity index (χ3n) is 6.38. The molecule has 1 fully saturated rings. The molecule has 1 aromatic carbocycles. The van der Waals surface area contributed by atoms with Gasteiger partial charge in [0.15, 0.2) is 7.49 Å². The average Bonchev–Trinajstić information content (AvgIpc) is 2.83. The van der Waals surface area contributed by atoms with E-state index in [-0.39, 0.29) is 0 Å². The summed E-state index contributed by atoms with van der Waals surface area (Å²) in [5, 5.41) is 2.26. The van der Waals surface area contributed by atoms with Crippen LogP contribution in [0.5, 0.6) is 0 Å². The normalized spacial score (nSPS) is 15.6. The maximum Gasteiger partial charge on any atom is 0.175 e. The van der Waals surface area contributed by atoms with E-state index in [4.69, 9.17) is 0 Å². The van der Waals surface area contributed by atoms with E-state index in [0.29, 0.717) is 0 Å². The molecule has 5 nitrogen and oxygen atoms in total.